The summed E-state index contributed by atoms with van der Waals surface area (Å²) in [5, 5.41) is 5.57. The van der Waals surface area contributed by atoms with Gasteiger partial charge in [-0.15, -0.1) is 14.8 Å². The van der Waals surface area contributed by atoms with Crippen LogP contribution in [-0.4, -0.2) is 0 Å². The van der Waals surface area contributed by atoms with E-state index in [0.29, 0.717) is 0 Å². The Morgan fingerprint density at radius 3 is 2.56 bits per heavy atom. The molecule has 3 heteroatoms. The van der Waals surface area contributed by atoms with Gasteiger partial charge in [0.1, 0.15) is 0 Å². The molecule has 0 N–H and O–H groups in total. The zero-order chi connectivity index (χ0) is 11.9. The van der Waals surface area contributed by atoms with Crippen molar-refractivity contribution in [3.05, 3.63) is 22.4 Å². The summed E-state index contributed by atoms with van der Waals surface area (Å²) < 4.78 is 2.91. The molecule has 2 aromatic rings. The maximum Gasteiger partial charge on any atom is 1.00 e. The van der Waals surface area contributed by atoms with E-state index in [4.69, 9.17) is 0 Å². The van der Waals surface area contributed by atoms with E-state index >= 15 is 0 Å². The molecule has 0 saturated heterocycles. The summed E-state index contributed by atoms with van der Waals surface area (Å²) in [6.07, 6.45) is 11.1. The Morgan fingerprint density at radius 1 is 1.06 bits per heavy atom. The largest absolute Gasteiger partial charge is 1.00 e. The fraction of sp³-hybridized carbons (Fsp3) is 0.600. The van der Waals surface area contributed by atoms with Crippen molar-refractivity contribution in [2.45, 2.75) is 58.3 Å². The predicted octanol–water partition coefficient (Wildman–Crippen LogP) is 3.06. The fourth-order valence-corrected chi connectivity index (χ4v) is 4.24. The quantitative estimate of drug-likeness (QED) is 0.393. The van der Waals surface area contributed by atoms with Crippen LogP contribution in [0, 0.1) is 5.38 Å². The van der Waals surface area contributed by atoms with E-state index in [9.17, 15) is 0 Å². The Bertz CT molecular complexity index is 430. The molecule has 2 aromatic heterocycles. The average Bonchev–Trinajstić information content (AvgIpc) is 2.92. The molecule has 0 saturated carbocycles. The third kappa shape index (κ3) is 4.74. The number of aryl methyl sites for hydroxylation is 1. The van der Waals surface area contributed by atoms with E-state index in [-0.39, 0.29) is 18.9 Å². The van der Waals surface area contributed by atoms with Gasteiger partial charge in [0, 0.05) is 0 Å². The molecule has 0 nitrogen and oxygen atoms in total. The number of hydrogen-bond donors (Lipinski definition) is 0. The summed E-state index contributed by atoms with van der Waals surface area (Å²) >= 11 is 3.66. The number of rotatable bonds is 8. The van der Waals surface area contributed by atoms with Crippen molar-refractivity contribution < 1.29 is 18.9 Å². The molecule has 0 aromatic carbocycles. The van der Waals surface area contributed by atoms with Crippen molar-refractivity contribution in [1.82, 2.24) is 0 Å². The van der Waals surface area contributed by atoms with Crippen LogP contribution in [0.1, 0.15) is 57.4 Å². The first-order valence-electron chi connectivity index (χ1n) is 6.77. The number of thiophene rings is 2. The van der Waals surface area contributed by atoms with Gasteiger partial charge in [-0.2, -0.15) is 6.07 Å². The summed E-state index contributed by atoms with van der Waals surface area (Å²) in [5.74, 6) is 0. The Balaban J connectivity index is 0.00000162. The summed E-state index contributed by atoms with van der Waals surface area (Å²) in [5.41, 5.74) is 1.56. The third-order valence-electron chi connectivity index (χ3n) is 3.24. The fourth-order valence-electron chi connectivity index (χ4n) is 2.20. The average molecular weight is 272 g/mol. The molecule has 0 unspecified atom stereocenters. The van der Waals surface area contributed by atoms with Gasteiger partial charge < -0.3 is 0 Å². The minimum Gasteiger partial charge on any atom is -0.295 e. The van der Waals surface area contributed by atoms with Gasteiger partial charge in [-0.3, -0.25) is 11.3 Å². The van der Waals surface area contributed by atoms with Crippen molar-refractivity contribution in [3.8, 4) is 0 Å². The van der Waals surface area contributed by atoms with Crippen molar-refractivity contribution in [2.75, 3.05) is 0 Å². The van der Waals surface area contributed by atoms with E-state index in [1.165, 1.54) is 60.8 Å². The van der Waals surface area contributed by atoms with E-state index in [2.05, 4.69) is 23.8 Å². The number of hydrogen-bond acceptors (Lipinski definition) is 2. The molecular weight excluding hydrogens is 251 g/mol. The van der Waals surface area contributed by atoms with E-state index < -0.39 is 0 Å². The molecule has 0 aliphatic rings. The van der Waals surface area contributed by atoms with Crippen LogP contribution in [0.2, 0.25) is 0 Å². The molecule has 94 valence electrons. The first-order chi connectivity index (χ1) is 8.42. The van der Waals surface area contributed by atoms with Gasteiger partial charge in [0.25, 0.3) is 0 Å². The van der Waals surface area contributed by atoms with Gasteiger partial charge in [-0.05, 0) is 11.8 Å². The Labute approximate surface area is 131 Å². The standard InChI is InChI=1S/C15H21S2.Li/c1-2-3-4-5-6-7-8-9-13-12-17-14-10-11-16-15(13)14;/h10,12H,2-9H2,1H3;/q-1;+1. The summed E-state index contributed by atoms with van der Waals surface area (Å²) in [6.45, 7) is 2.28. The van der Waals surface area contributed by atoms with Gasteiger partial charge in [0.15, 0.2) is 0 Å². The monoisotopic (exact) mass is 272 g/mol. The second kappa shape index (κ2) is 9.21. The van der Waals surface area contributed by atoms with Crippen molar-refractivity contribution in [2.24, 2.45) is 0 Å². The van der Waals surface area contributed by atoms with E-state index in [1.54, 1.807) is 16.9 Å². The van der Waals surface area contributed by atoms with Crippen molar-refractivity contribution in [1.29, 1.82) is 0 Å². The summed E-state index contributed by atoms with van der Waals surface area (Å²) in [4.78, 5) is 0. The topological polar surface area (TPSA) is 0 Å². The third-order valence-corrected chi connectivity index (χ3v) is 5.27. The smallest absolute Gasteiger partial charge is 0.295 e. The maximum absolute atomic E-state index is 3.23. The molecule has 0 aliphatic carbocycles. The molecule has 2 heterocycles. The second-order valence-electron chi connectivity index (χ2n) is 4.69. The van der Waals surface area contributed by atoms with Crippen LogP contribution >= 0.6 is 22.7 Å². The number of unbranched alkanes of at least 4 members (excludes halogenated alkanes) is 6. The van der Waals surface area contributed by atoms with E-state index in [0.717, 1.165) is 0 Å². The summed E-state index contributed by atoms with van der Waals surface area (Å²) in [6, 6.07) is 2.12. The molecule has 0 fully saturated rings. The van der Waals surface area contributed by atoms with Gasteiger partial charge in [0.2, 0.25) is 0 Å². The second-order valence-corrected chi connectivity index (χ2v) is 6.45. The molecule has 0 amide bonds. The SMILES string of the molecule is CCCCCCCCCc1csc2c[c-]sc12.[Li+]. The molecule has 0 aliphatic heterocycles. The van der Waals surface area contributed by atoms with Crippen LogP contribution < -0.4 is 18.9 Å². The van der Waals surface area contributed by atoms with E-state index in [1.807, 2.05) is 11.3 Å². The minimum absolute atomic E-state index is 0. The zero-order valence-electron chi connectivity index (χ0n) is 11.6. The molecular formula is C15H21LiS2. The normalized spacial score (nSPS) is 10.7. The molecule has 0 spiro atoms. The summed E-state index contributed by atoms with van der Waals surface area (Å²) in [7, 11) is 0. The zero-order valence-corrected chi connectivity index (χ0v) is 13.3. The molecule has 0 bridgehead atoms. The molecule has 0 radical (unpaired) electrons. The first-order valence-corrected chi connectivity index (χ1v) is 8.47. The van der Waals surface area contributed by atoms with Gasteiger partial charge in [0.05, 0.1) is 0 Å². The van der Waals surface area contributed by atoms with Crippen molar-refractivity contribution in [3.63, 3.8) is 0 Å². The van der Waals surface area contributed by atoms with Gasteiger partial charge in [-0.25, -0.2) is 11.3 Å². The van der Waals surface area contributed by atoms with Crippen LogP contribution in [0.4, 0.5) is 0 Å². The molecule has 2 rings (SSSR count). The Kier molecular flexibility index (Phi) is 8.34. The minimum atomic E-state index is 0. The Hall–Kier alpha value is 0.257. The Morgan fingerprint density at radius 2 is 1.78 bits per heavy atom. The molecule has 18 heavy (non-hydrogen) atoms. The van der Waals surface area contributed by atoms with Crippen LogP contribution in [0.5, 0.6) is 0 Å². The van der Waals surface area contributed by atoms with Gasteiger partial charge >= 0.3 is 18.9 Å². The van der Waals surface area contributed by atoms with Gasteiger partial charge in [-0.1, -0.05) is 57.4 Å². The number of fused-ring (bicyclic) bond motifs is 1. The molecule has 0 atom stereocenters. The van der Waals surface area contributed by atoms with Crippen LogP contribution in [0.25, 0.3) is 9.40 Å². The van der Waals surface area contributed by atoms with Crippen LogP contribution in [0.3, 0.4) is 0 Å². The first kappa shape index (κ1) is 16.3. The predicted molar refractivity (Wildman–Crippen MR) is 80.2 cm³/mol. The van der Waals surface area contributed by atoms with Crippen LogP contribution in [0.15, 0.2) is 11.4 Å². The van der Waals surface area contributed by atoms with Crippen molar-refractivity contribution >= 4 is 32.1 Å². The van der Waals surface area contributed by atoms with Crippen LogP contribution in [-0.2, 0) is 6.42 Å². The maximum atomic E-state index is 3.23.